The summed E-state index contributed by atoms with van der Waals surface area (Å²) in [6.45, 7) is 0.323. The number of benzene rings is 1. The zero-order valence-electron chi connectivity index (χ0n) is 6.89. The van der Waals surface area contributed by atoms with E-state index < -0.39 is 0 Å². The lowest BCUT2D eigenvalue weighted by atomic mass is 10.1. The number of ether oxygens (including phenoxy) is 1. The molecule has 1 aliphatic rings. The molecule has 0 fully saturated rings. The second kappa shape index (κ2) is 3.72. The fourth-order valence-electron chi connectivity index (χ4n) is 1.25. The summed E-state index contributed by atoms with van der Waals surface area (Å²) in [6.07, 6.45) is 0. The number of rotatable bonds is 0. The molecule has 0 saturated heterocycles. The largest absolute Gasteiger partial charge is 0.491 e. The summed E-state index contributed by atoms with van der Waals surface area (Å²) in [5.41, 5.74) is 0.479. The molecule has 0 aromatic heterocycles. The number of halogens is 3. The first-order valence-electron chi connectivity index (χ1n) is 3.89. The monoisotopic (exact) mass is 294 g/mol. The Hall–Kier alpha value is -0.250. The van der Waals surface area contributed by atoms with Crippen molar-refractivity contribution in [2.75, 3.05) is 6.61 Å². The number of hydrogen-bond acceptors (Lipinski definition) is 2. The summed E-state index contributed by atoms with van der Waals surface area (Å²) < 4.78 is 5.33. The minimum atomic E-state index is -0.299. The number of carbonyl (C=O) groups is 1. The molecule has 5 heteroatoms. The first-order chi connectivity index (χ1) is 6.59. The number of Topliss-reactive ketones (excluding diaryl/α,β-unsaturated/α-hetero) is 1. The van der Waals surface area contributed by atoms with Crippen molar-refractivity contribution in [3.63, 3.8) is 0 Å². The topological polar surface area (TPSA) is 26.3 Å². The van der Waals surface area contributed by atoms with Gasteiger partial charge in [0.1, 0.15) is 17.2 Å². The molecule has 14 heavy (non-hydrogen) atoms. The van der Waals surface area contributed by atoms with Crippen molar-refractivity contribution in [1.82, 2.24) is 0 Å². The molecule has 0 aliphatic carbocycles. The fraction of sp³-hybridized carbons (Fsp3) is 0.222. The molecule has 2 rings (SSSR count). The maximum atomic E-state index is 11.7. The molecule has 1 heterocycles. The molecule has 0 unspecified atom stereocenters. The predicted octanol–water partition coefficient (Wildman–Crippen LogP) is 3.33. The molecular formula is C9H5BrCl2O2. The maximum absolute atomic E-state index is 11.7. The molecule has 1 aliphatic heterocycles. The lowest BCUT2D eigenvalue weighted by Gasteiger charge is -2.20. The fourth-order valence-corrected chi connectivity index (χ4v) is 1.94. The Morgan fingerprint density at radius 1 is 1.36 bits per heavy atom. The van der Waals surface area contributed by atoms with Crippen LogP contribution in [0.2, 0.25) is 10.0 Å². The molecule has 0 N–H and O–H groups in total. The standard InChI is InChI=1S/C9H5BrCl2O2/c10-5-3-14-8-2-7(12)6(11)1-4(8)9(5)13/h1-2,5H,3H2/t5-/m1/s1. The van der Waals surface area contributed by atoms with E-state index in [0.717, 1.165) is 0 Å². The quantitative estimate of drug-likeness (QED) is 0.686. The molecule has 0 bridgehead atoms. The first-order valence-corrected chi connectivity index (χ1v) is 5.57. The molecule has 0 amide bonds. The van der Waals surface area contributed by atoms with E-state index in [-0.39, 0.29) is 10.6 Å². The number of ketones is 1. The van der Waals surface area contributed by atoms with Crippen LogP contribution in [0.15, 0.2) is 12.1 Å². The van der Waals surface area contributed by atoms with Crippen molar-refractivity contribution in [3.05, 3.63) is 27.7 Å². The van der Waals surface area contributed by atoms with E-state index in [1.54, 1.807) is 6.07 Å². The summed E-state index contributed by atoms with van der Waals surface area (Å²) in [5, 5.41) is 0.759. The molecule has 0 spiro atoms. The van der Waals surface area contributed by atoms with Gasteiger partial charge in [-0.2, -0.15) is 0 Å². The Balaban J connectivity index is 2.56. The average Bonchev–Trinajstić information content (AvgIpc) is 2.15. The summed E-state index contributed by atoms with van der Waals surface area (Å²) in [5.74, 6) is 0.477. The van der Waals surface area contributed by atoms with Gasteiger partial charge < -0.3 is 4.74 Å². The Morgan fingerprint density at radius 3 is 2.71 bits per heavy atom. The van der Waals surface area contributed by atoms with Crippen LogP contribution in [0, 0.1) is 0 Å². The van der Waals surface area contributed by atoms with E-state index in [9.17, 15) is 4.79 Å². The van der Waals surface area contributed by atoms with E-state index in [0.29, 0.717) is 28.0 Å². The highest BCUT2D eigenvalue weighted by Crippen LogP contribution is 2.34. The van der Waals surface area contributed by atoms with Crippen LogP contribution >= 0.6 is 39.1 Å². The molecule has 1 aromatic carbocycles. The third kappa shape index (κ3) is 1.64. The lowest BCUT2D eigenvalue weighted by molar-refractivity contribution is 0.0946. The third-order valence-corrected chi connectivity index (χ3v) is 3.36. The highest BCUT2D eigenvalue weighted by molar-refractivity contribution is 9.10. The van der Waals surface area contributed by atoms with E-state index in [1.807, 2.05) is 0 Å². The van der Waals surface area contributed by atoms with Gasteiger partial charge in [-0.25, -0.2) is 0 Å². The summed E-state index contributed by atoms with van der Waals surface area (Å²) >= 11 is 14.8. The van der Waals surface area contributed by atoms with Crippen LogP contribution in [0.1, 0.15) is 10.4 Å². The Bertz CT molecular complexity index is 406. The smallest absolute Gasteiger partial charge is 0.183 e. The highest BCUT2D eigenvalue weighted by Gasteiger charge is 2.27. The van der Waals surface area contributed by atoms with Crippen LogP contribution < -0.4 is 4.74 Å². The Labute approximate surface area is 99.3 Å². The van der Waals surface area contributed by atoms with Gasteiger partial charge in [-0.3, -0.25) is 4.79 Å². The van der Waals surface area contributed by atoms with Gasteiger partial charge in [0, 0.05) is 6.07 Å². The first kappa shape index (κ1) is 10.3. The zero-order valence-corrected chi connectivity index (χ0v) is 9.99. The van der Waals surface area contributed by atoms with Crippen molar-refractivity contribution >= 4 is 44.9 Å². The summed E-state index contributed by atoms with van der Waals surface area (Å²) in [4.78, 5) is 11.4. The van der Waals surface area contributed by atoms with Gasteiger partial charge in [-0.15, -0.1) is 0 Å². The van der Waals surface area contributed by atoms with E-state index in [2.05, 4.69) is 15.9 Å². The Morgan fingerprint density at radius 2 is 2.00 bits per heavy atom. The van der Waals surface area contributed by atoms with Gasteiger partial charge in [-0.1, -0.05) is 39.1 Å². The maximum Gasteiger partial charge on any atom is 0.183 e. The number of hydrogen-bond donors (Lipinski definition) is 0. The molecule has 2 nitrogen and oxygen atoms in total. The molecule has 0 saturated carbocycles. The number of alkyl halides is 1. The van der Waals surface area contributed by atoms with Crippen LogP contribution in [0.3, 0.4) is 0 Å². The Kier molecular flexibility index (Phi) is 2.73. The van der Waals surface area contributed by atoms with Gasteiger partial charge in [0.05, 0.1) is 15.6 Å². The number of fused-ring (bicyclic) bond motifs is 1. The minimum Gasteiger partial charge on any atom is -0.491 e. The zero-order chi connectivity index (χ0) is 10.3. The van der Waals surface area contributed by atoms with Crippen molar-refractivity contribution in [2.45, 2.75) is 4.83 Å². The molecule has 1 atom stereocenters. The number of carbonyl (C=O) groups excluding carboxylic acids is 1. The minimum absolute atomic E-state index is 0.0233. The molecule has 1 aromatic rings. The highest BCUT2D eigenvalue weighted by atomic mass is 79.9. The van der Waals surface area contributed by atoms with Crippen LogP contribution in [0.25, 0.3) is 0 Å². The SMILES string of the molecule is O=C1c2cc(Cl)c(Cl)cc2OC[C@H]1Br. The van der Waals surface area contributed by atoms with Crippen LogP contribution in [0.4, 0.5) is 0 Å². The van der Waals surface area contributed by atoms with E-state index >= 15 is 0 Å². The van der Waals surface area contributed by atoms with Crippen LogP contribution in [-0.2, 0) is 0 Å². The van der Waals surface area contributed by atoms with Gasteiger partial charge >= 0.3 is 0 Å². The lowest BCUT2D eigenvalue weighted by Crippen LogP contribution is -2.27. The van der Waals surface area contributed by atoms with Crippen molar-refractivity contribution in [3.8, 4) is 5.75 Å². The van der Waals surface area contributed by atoms with Gasteiger partial charge in [0.2, 0.25) is 0 Å². The van der Waals surface area contributed by atoms with Gasteiger partial charge in [0.25, 0.3) is 0 Å². The summed E-state index contributed by atoms with van der Waals surface area (Å²) in [6, 6.07) is 3.10. The summed E-state index contributed by atoms with van der Waals surface area (Å²) in [7, 11) is 0. The van der Waals surface area contributed by atoms with Gasteiger partial charge in [0.15, 0.2) is 5.78 Å². The van der Waals surface area contributed by atoms with Crippen molar-refractivity contribution < 1.29 is 9.53 Å². The second-order valence-corrected chi connectivity index (χ2v) is 4.82. The molecule has 0 radical (unpaired) electrons. The predicted molar refractivity (Wildman–Crippen MR) is 59.0 cm³/mol. The third-order valence-electron chi connectivity index (χ3n) is 1.96. The molecule has 74 valence electrons. The van der Waals surface area contributed by atoms with Crippen LogP contribution in [0.5, 0.6) is 5.75 Å². The van der Waals surface area contributed by atoms with Gasteiger partial charge in [-0.05, 0) is 6.07 Å². The van der Waals surface area contributed by atoms with E-state index in [1.165, 1.54) is 6.07 Å². The average molecular weight is 296 g/mol. The van der Waals surface area contributed by atoms with E-state index in [4.69, 9.17) is 27.9 Å². The van der Waals surface area contributed by atoms with Crippen molar-refractivity contribution in [2.24, 2.45) is 0 Å². The molecular weight excluding hydrogens is 291 g/mol. The van der Waals surface area contributed by atoms with Crippen molar-refractivity contribution in [1.29, 1.82) is 0 Å². The normalized spacial score (nSPS) is 20.2. The van der Waals surface area contributed by atoms with Crippen LogP contribution in [-0.4, -0.2) is 17.2 Å². The second-order valence-electron chi connectivity index (χ2n) is 2.91.